The Morgan fingerprint density at radius 3 is 2.50 bits per heavy atom. The Bertz CT molecular complexity index is 1290. The van der Waals surface area contributed by atoms with Crippen LogP contribution in [0.1, 0.15) is 70.1 Å². The molecule has 40 heavy (non-hydrogen) atoms. The number of nitrogens with one attached hydrogen (secondary N) is 3. The van der Waals surface area contributed by atoms with Crippen LogP contribution in [0.4, 0.5) is 23.8 Å². The number of carbonyl (C=O) groups excluding carboxylic acids is 2. The van der Waals surface area contributed by atoms with Crippen molar-refractivity contribution < 1.29 is 37.0 Å². The number of amides is 2. The molecule has 2 aromatic heterocycles. The largest absolute Gasteiger partial charge is 0.436 e. The van der Waals surface area contributed by atoms with E-state index < -0.39 is 47.4 Å². The number of hydrogen-bond donors (Lipinski definition) is 4. The topological polar surface area (TPSA) is 155 Å². The fourth-order valence-electron chi connectivity index (χ4n) is 3.87. The molecule has 11 nitrogen and oxygen atoms in total. The summed E-state index contributed by atoms with van der Waals surface area (Å²) < 4.78 is 51.2. The Morgan fingerprint density at radius 2 is 1.90 bits per heavy atom. The van der Waals surface area contributed by atoms with Crippen LogP contribution in [0.5, 0.6) is 0 Å². The number of aromatic nitrogens is 4. The third-order valence-electron chi connectivity index (χ3n) is 5.91. The average Bonchev–Trinajstić information content (AvgIpc) is 3.55. The highest BCUT2D eigenvalue weighted by atomic mass is 19.4. The lowest BCUT2D eigenvalue weighted by Crippen LogP contribution is -2.49. The van der Waals surface area contributed by atoms with Crippen LogP contribution in [0, 0.1) is 12.3 Å². The van der Waals surface area contributed by atoms with Gasteiger partial charge in [0, 0.05) is 17.0 Å². The van der Waals surface area contributed by atoms with E-state index in [0.717, 1.165) is 18.6 Å². The molecule has 3 aromatic rings. The molecule has 1 aromatic carbocycles. The zero-order valence-electron chi connectivity index (χ0n) is 22.8. The van der Waals surface area contributed by atoms with Crippen molar-refractivity contribution in [1.29, 1.82) is 0 Å². The maximum Gasteiger partial charge on any atom is 0.416 e. The number of aliphatic hydroxyl groups is 1. The summed E-state index contributed by atoms with van der Waals surface area (Å²) in [6, 6.07) is 3.89. The van der Waals surface area contributed by atoms with Crippen LogP contribution >= 0.6 is 0 Å². The number of benzene rings is 1. The number of rotatable bonds is 10. The van der Waals surface area contributed by atoms with E-state index in [2.05, 4.69) is 31.0 Å². The minimum Gasteiger partial charge on any atom is -0.436 e. The second-order valence-corrected chi connectivity index (χ2v) is 10.5. The summed E-state index contributed by atoms with van der Waals surface area (Å²) in [4.78, 5) is 25.5. The number of aromatic amines is 1. The first-order valence-corrected chi connectivity index (χ1v) is 12.7. The second kappa shape index (κ2) is 12.5. The number of anilines is 1. The molecule has 4 N–H and O–H groups in total. The summed E-state index contributed by atoms with van der Waals surface area (Å²) in [6.07, 6.45) is -5.17. The number of hydrogen-bond acceptors (Lipinski definition) is 8. The summed E-state index contributed by atoms with van der Waals surface area (Å²) in [5.74, 6) is -0.780. The number of ether oxygens (including phenoxy) is 1. The van der Waals surface area contributed by atoms with Crippen LogP contribution in [-0.4, -0.2) is 49.6 Å². The molecule has 3 atom stereocenters. The number of H-pyrrole nitrogens is 1. The molecule has 0 radical (unpaired) electrons. The molecule has 0 spiro atoms. The summed E-state index contributed by atoms with van der Waals surface area (Å²) >= 11 is 0. The summed E-state index contributed by atoms with van der Waals surface area (Å²) in [5.41, 5.74) is -1.23. The average molecular weight is 567 g/mol. The highest BCUT2D eigenvalue weighted by molar-refractivity contribution is 5.94. The first-order chi connectivity index (χ1) is 18.7. The van der Waals surface area contributed by atoms with Crippen LogP contribution in [0.2, 0.25) is 0 Å². The summed E-state index contributed by atoms with van der Waals surface area (Å²) in [6.45, 7) is 8.65. The zero-order chi connectivity index (χ0) is 29.7. The monoisotopic (exact) mass is 566 g/mol. The minimum atomic E-state index is -4.56. The SMILES string of the molecule is CCCC[C@H](NC(=O)O[C@H](c1nnc(-c2cc(C)cc(C(F)(F)F)c2)o1)C(C)(C)C)[C@H](O)C(=O)Nc1ccn[nH]1. The molecule has 0 aliphatic heterocycles. The lowest BCUT2D eigenvalue weighted by atomic mass is 9.89. The van der Waals surface area contributed by atoms with Crippen molar-refractivity contribution in [2.75, 3.05) is 5.32 Å². The van der Waals surface area contributed by atoms with Crippen molar-refractivity contribution in [3.8, 4) is 11.5 Å². The summed E-state index contributed by atoms with van der Waals surface area (Å²) in [7, 11) is 0. The van der Waals surface area contributed by atoms with Gasteiger partial charge in [0.2, 0.25) is 5.89 Å². The Hall–Kier alpha value is -3.94. The van der Waals surface area contributed by atoms with Crippen LogP contribution in [0.15, 0.2) is 34.9 Å². The van der Waals surface area contributed by atoms with E-state index in [1.165, 1.54) is 25.3 Å². The van der Waals surface area contributed by atoms with Gasteiger partial charge in [0.1, 0.15) is 5.82 Å². The Labute approximate surface area is 228 Å². The number of unbranched alkanes of at least 4 members (excludes halogenated alkanes) is 1. The lowest BCUT2D eigenvalue weighted by Gasteiger charge is -2.29. The molecule has 0 saturated carbocycles. The highest BCUT2D eigenvalue weighted by Gasteiger charge is 2.37. The fraction of sp³-hybridized carbons (Fsp3) is 0.500. The zero-order valence-corrected chi connectivity index (χ0v) is 22.8. The molecule has 0 unspecified atom stereocenters. The number of nitrogens with zero attached hydrogens (tertiary/aromatic N) is 3. The molecular weight excluding hydrogens is 533 g/mol. The molecule has 0 saturated heterocycles. The van der Waals surface area contributed by atoms with Crippen molar-refractivity contribution >= 4 is 17.8 Å². The maximum absolute atomic E-state index is 13.3. The Balaban J connectivity index is 1.79. The third-order valence-corrected chi connectivity index (χ3v) is 5.91. The first kappa shape index (κ1) is 30.6. The smallest absolute Gasteiger partial charge is 0.416 e. The van der Waals surface area contributed by atoms with Gasteiger partial charge < -0.3 is 24.9 Å². The van der Waals surface area contributed by atoms with E-state index >= 15 is 0 Å². The van der Waals surface area contributed by atoms with E-state index in [0.29, 0.717) is 12.0 Å². The highest BCUT2D eigenvalue weighted by Crippen LogP contribution is 2.38. The molecule has 14 heteroatoms. The lowest BCUT2D eigenvalue weighted by molar-refractivity contribution is -0.137. The van der Waals surface area contributed by atoms with Crippen molar-refractivity contribution in [2.24, 2.45) is 5.41 Å². The molecule has 0 fully saturated rings. The van der Waals surface area contributed by atoms with Crippen LogP contribution in [0.3, 0.4) is 0 Å². The predicted octanol–water partition coefficient (Wildman–Crippen LogP) is 5.16. The summed E-state index contributed by atoms with van der Waals surface area (Å²) in [5, 5.41) is 29.8. The van der Waals surface area contributed by atoms with Crippen molar-refractivity contribution in [3.63, 3.8) is 0 Å². The molecule has 0 bridgehead atoms. The number of carbonyl (C=O) groups is 2. The van der Waals surface area contributed by atoms with Gasteiger partial charge in [0.25, 0.3) is 11.8 Å². The second-order valence-electron chi connectivity index (χ2n) is 10.5. The van der Waals surface area contributed by atoms with E-state index in [-0.39, 0.29) is 29.6 Å². The van der Waals surface area contributed by atoms with Gasteiger partial charge in [0.05, 0.1) is 17.8 Å². The number of halogens is 3. The van der Waals surface area contributed by atoms with Gasteiger partial charge in [-0.3, -0.25) is 9.89 Å². The van der Waals surface area contributed by atoms with Gasteiger partial charge in [-0.25, -0.2) is 4.79 Å². The number of aliphatic hydroxyl groups excluding tert-OH is 1. The Kier molecular flexibility index (Phi) is 9.56. The maximum atomic E-state index is 13.3. The van der Waals surface area contributed by atoms with Crippen LogP contribution in [-0.2, 0) is 15.7 Å². The predicted molar refractivity (Wildman–Crippen MR) is 138 cm³/mol. The quantitative estimate of drug-likeness (QED) is 0.262. The molecule has 3 rings (SSSR count). The molecule has 0 aliphatic rings. The molecule has 218 valence electrons. The van der Waals surface area contributed by atoms with E-state index in [1.54, 1.807) is 20.8 Å². The van der Waals surface area contributed by atoms with Crippen molar-refractivity contribution in [2.45, 2.75) is 78.3 Å². The molecule has 2 amide bonds. The normalized spacial score (nSPS) is 14.3. The third kappa shape index (κ3) is 8.04. The standard InChI is InChI=1S/C26H33F3N6O5/c1-6-7-8-17(19(36)21(37)32-18-9-10-30-33-18)31-24(38)39-20(25(3,4)5)23-35-34-22(40-23)15-11-14(2)12-16(13-15)26(27,28)29/h9-13,17,19-20,36H,6-8H2,1-5H3,(H,31,38)(H2,30,32,33,37)/t17-,19-,20+/m0/s1. The van der Waals surface area contributed by atoms with Gasteiger partial charge >= 0.3 is 12.3 Å². The fourth-order valence-corrected chi connectivity index (χ4v) is 3.87. The number of alkyl carbamates (subject to hydrolysis) is 1. The van der Waals surface area contributed by atoms with Crippen LogP contribution in [0.25, 0.3) is 11.5 Å². The van der Waals surface area contributed by atoms with Gasteiger partial charge in [-0.05, 0) is 37.1 Å². The van der Waals surface area contributed by atoms with E-state index in [9.17, 15) is 27.9 Å². The van der Waals surface area contributed by atoms with Crippen molar-refractivity contribution in [3.05, 3.63) is 47.5 Å². The number of aryl methyl sites for hydroxylation is 1. The van der Waals surface area contributed by atoms with Gasteiger partial charge in [-0.15, -0.1) is 10.2 Å². The van der Waals surface area contributed by atoms with E-state index in [1.807, 2.05) is 6.92 Å². The minimum absolute atomic E-state index is 0.0641. The van der Waals surface area contributed by atoms with Crippen LogP contribution < -0.4 is 10.6 Å². The molecular formula is C26H33F3N6O5. The number of alkyl halides is 3. The van der Waals surface area contributed by atoms with Gasteiger partial charge in [-0.1, -0.05) is 40.5 Å². The van der Waals surface area contributed by atoms with E-state index in [4.69, 9.17) is 9.15 Å². The Morgan fingerprint density at radius 1 is 1.18 bits per heavy atom. The van der Waals surface area contributed by atoms with Crippen molar-refractivity contribution in [1.82, 2.24) is 25.7 Å². The molecule has 0 aliphatic carbocycles. The van der Waals surface area contributed by atoms with Gasteiger partial charge in [-0.2, -0.15) is 18.3 Å². The van der Waals surface area contributed by atoms with Gasteiger partial charge in [0.15, 0.2) is 12.2 Å². The molecule has 2 heterocycles. The first-order valence-electron chi connectivity index (χ1n) is 12.7.